The van der Waals surface area contributed by atoms with Gasteiger partial charge < -0.3 is 5.32 Å². The third-order valence-corrected chi connectivity index (χ3v) is 4.46. The fourth-order valence-electron chi connectivity index (χ4n) is 2.30. The minimum atomic E-state index is -6.65. The second-order valence-corrected chi connectivity index (χ2v) is 7.35. The fourth-order valence-corrected chi connectivity index (χ4v) is 2.83. The van der Waals surface area contributed by atoms with Crippen LogP contribution in [0.5, 0.6) is 0 Å². The second kappa shape index (κ2) is 9.56. The molecule has 178 valence electrons. The maximum Gasteiger partial charge on any atom is 0.460 e. The van der Waals surface area contributed by atoms with Crippen LogP contribution in [-0.2, 0) is 4.79 Å². The number of hydrazone groups is 1. The molecule has 0 unspecified atom stereocenters. The van der Waals surface area contributed by atoms with Gasteiger partial charge in [-0.1, -0.05) is 35.3 Å². The van der Waals surface area contributed by atoms with Crippen LogP contribution in [0.15, 0.2) is 47.6 Å². The third-order valence-electron chi connectivity index (χ3n) is 4.02. The molecule has 0 fully saturated rings. The molecule has 0 aliphatic carbocycles. The van der Waals surface area contributed by atoms with Crippen molar-refractivity contribution >= 4 is 46.4 Å². The normalized spacial score (nSPS) is 13.0. The highest BCUT2D eigenvalue weighted by Gasteiger charge is 2.76. The van der Waals surface area contributed by atoms with Crippen LogP contribution in [0.1, 0.15) is 22.8 Å². The van der Waals surface area contributed by atoms with Gasteiger partial charge in [0.05, 0.1) is 5.71 Å². The van der Waals surface area contributed by atoms with Crippen LogP contribution in [0, 0.1) is 0 Å². The zero-order valence-electron chi connectivity index (χ0n) is 16.2. The molecule has 0 spiro atoms. The molecule has 0 saturated carbocycles. The number of hydrogen-bond acceptors (Lipinski definition) is 3. The van der Waals surface area contributed by atoms with Crippen molar-refractivity contribution in [2.24, 2.45) is 5.10 Å². The van der Waals surface area contributed by atoms with Crippen LogP contribution in [0.2, 0.25) is 10.0 Å². The molecule has 2 aromatic rings. The average Bonchev–Trinajstić information content (AvgIpc) is 2.70. The Morgan fingerprint density at radius 1 is 0.879 bits per heavy atom. The number of benzene rings is 2. The molecule has 0 radical (unpaired) electrons. The molecule has 0 aliphatic heterocycles. The molecule has 2 amide bonds. The molecular formula is C19H12Cl2F7N3O2. The smallest absolute Gasteiger partial charge is 0.321 e. The number of halogens is 9. The monoisotopic (exact) mass is 517 g/mol. The number of hydrogen-bond donors (Lipinski definition) is 2. The lowest BCUT2D eigenvalue weighted by atomic mass is 10.1. The van der Waals surface area contributed by atoms with Crippen LogP contribution in [0.4, 0.5) is 36.4 Å². The summed E-state index contributed by atoms with van der Waals surface area (Å²) < 4.78 is 89.7. The highest BCUT2D eigenvalue weighted by Crippen LogP contribution is 2.46. The Balaban J connectivity index is 2.18. The Labute approximate surface area is 191 Å². The van der Waals surface area contributed by atoms with E-state index in [2.05, 4.69) is 10.5 Å². The Kier molecular flexibility index (Phi) is 7.64. The zero-order valence-corrected chi connectivity index (χ0v) is 17.7. The second-order valence-electron chi connectivity index (χ2n) is 6.48. The van der Waals surface area contributed by atoms with Gasteiger partial charge >= 0.3 is 23.9 Å². The molecule has 0 atom stereocenters. The first kappa shape index (κ1) is 26.4. The topological polar surface area (TPSA) is 70.6 Å². The summed E-state index contributed by atoms with van der Waals surface area (Å²) in [5.74, 6) is -16.2. The number of alkyl halides is 7. The van der Waals surface area contributed by atoms with Gasteiger partial charge in [-0.05, 0) is 42.8 Å². The van der Waals surface area contributed by atoms with Gasteiger partial charge in [0, 0.05) is 21.3 Å². The molecule has 5 nitrogen and oxygen atoms in total. The maximum atomic E-state index is 13.5. The molecule has 2 N–H and O–H groups in total. The fraction of sp³-hybridized carbons (Fsp3) is 0.211. The van der Waals surface area contributed by atoms with Gasteiger partial charge in [-0.2, -0.15) is 35.8 Å². The lowest BCUT2D eigenvalue weighted by Crippen LogP contribution is -2.57. The lowest BCUT2D eigenvalue weighted by molar-refractivity contribution is -0.343. The van der Waals surface area contributed by atoms with E-state index >= 15 is 0 Å². The van der Waals surface area contributed by atoms with Gasteiger partial charge in [0.2, 0.25) is 0 Å². The molecule has 0 bridgehead atoms. The van der Waals surface area contributed by atoms with Gasteiger partial charge in [0.15, 0.2) is 0 Å². The van der Waals surface area contributed by atoms with E-state index < -0.39 is 35.5 Å². The Bertz CT molecular complexity index is 1080. The SMILES string of the molecule is CC(=NNC(=O)c1cc(Cl)cc(Cl)c1)c1cccc(NC(=O)C(F)(F)C(F)(F)C(F)(F)F)c1. The van der Waals surface area contributed by atoms with Crippen molar-refractivity contribution in [3.05, 3.63) is 63.6 Å². The van der Waals surface area contributed by atoms with Crippen molar-refractivity contribution in [1.29, 1.82) is 0 Å². The van der Waals surface area contributed by atoms with Crippen LogP contribution < -0.4 is 10.7 Å². The van der Waals surface area contributed by atoms with Crippen LogP contribution in [0.25, 0.3) is 0 Å². The van der Waals surface area contributed by atoms with Crippen molar-refractivity contribution in [3.8, 4) is 0 Å². The maximum absolute atomic E-state index is 13.5. The Morgan fingerprint density at radius 3 is 2.00 bits per heavy atom. The summed E-state index contributed by atoms with van der Waals surface area (Å²) in [6.07, 6.45) is -6.65. The summed E-state index contributed by atoms with van der Waals surface area (Å²) in [6, 6.07) is 8.48. The first-order valence-corrected chi connectivity index (χ1v) is 9.37. The molecular weight excluding hydrogens is 506 g/mol. The van der Waals surface area contributed by atoms with Gasteiger partial charge in [-0.3, -0.25) is 9.59 Å². The highest BCUT2D eigenvalue weighted by molar-refractivity contribution is 6.35. The number of nitrogens with one attached hydrogen (secondary N) is 2. The first-order valence-electron chi connectivity index (χ1n) is 8.61. The third kappa shape index (κ3) is 5.93. The Hall–Kier alpha value is -2.86. The lowest BCUT2D eigenvalue weighted by Gasteiger charge is -2.27. The van der Waals surface area contributed by atoms with E-state index in [4.69, 9.17) is 23.2 Å². The van der Waals surface area contributed by atoms with Crippen molar-refractivity contribution in [2.45, 2.75) is 24.9 Å². The van der Waals surface area contributed by atoms with Crippen LogP contribution in [-0.4, -0.2) is 35.5 Å². The van der Waals surface area contributed by atoms with E-state index in [1.807, 2.05) is 0 Å². The van der Waals surface area contributed by atoms with E-state index in [0.29, 0.717) is 0 Å². The quantitative estimate of drug-likeness (QED) is 0.283. The largest absolute Gasteiger partial charge is 0.460 e. The summed E-state index contributed by atoms with van der Waals surface area (Å²) in [7, 11) is 0. The number of carbonyl (C=O) groups is 2. The molecule has 0 aromatic heterocycles. The highest BCUT2D eigenvalue weighted by atomic mass is 35.5. The summed E-state index contributed by atoms with van der Waals surface area (Å²) in [6.45, 7) is 1.36. The molecule has 0 heterocycles. The predicted octanol–water partition coefficient (Wildman–Crippen LogP) is 5.92. The molecule has 14 heteroatoms. The number of anilines is 1. The van der Waals surface area contributed by atoms with Gasteiger partial charge in [0.25, 0.3) is 5.91 Å². The van der Waals surface area contributed by atoms with E-state index in [1.165, 1.54) is 42.6 Å². The van der Waals surface area contributed by atoms with Gasteiger partial charge in [-0.25, -0.2) is 5.43 Å². The summed E-state index contributed by atoms with van der Waals surface area (Å²) in [5, 5.41) is 5.46. The number of amides is 2. The number of nitrogens with zero attached hydrogens (tertiary/aromatic N) is 1. The van der Waals surface area contributed by atoms with Gasteiger partial charge in [0.1, 0.15) is 0 Å². The van der Waals surface area contributed by atoms with Crippen LogP contribution in [0.3, 0.4) is 0 Å². The molecule has 0 aliphatic rings. The average molecular weight is 518 g/mol. The predicted molar refractivity (Wildman–Crippen MR) is 107 cm³/mol. The van der Waals surface area contributed by atoms with E-state index in [9.17, 15) is 40.3 Å². The minimum absolute atomic E-state index is 0.0675. The number of rotatable bonds is 6. The summed E-state index contributed by atoms with van der Waals surface area (Å²) in [5.41, 5.74) is 1.91. The molecule has 33 heavy (non-hydrogen) atoms. The van der Waals surface area contributed by atoms with Crippen molar-refractivity contribution in [3.63, 3.8) is 0 Å². The zero-order chi connectivity index (χ0) is 25.2. The number of carbonyl (C=O) groups excluding carboxylic acids is 2. The van der Waals surface area contributed by atoms with Crippen molar-refractivity contribution < 1.29 is 40.3 Å². The van der Waals surface area contributed by atoms with E-state index in [1.54, 1.807) is 0 Å². The van der Waals surface area contributed by atoms with E-state index in [0.717, 1.165) is 12.1 Å². The summed E-state index contributed by atoms with van der Waals surface area (Å²) >= 11 is 11.6. The Morgan fingerprint density at radius 2 is 1.45 bits per heavy atom. The molecule has 2 aromatic carbocycles. The van der Waals surface area contributed by atoms with Gasteiger partial charge in [-0.15, -0.1) is 0 Å². The first-order chi connectivity index (χ1) is 15.1. The van der Waals surface area contributed by atoms with E-state index in [-0.39, 0.29) is 26.9 Å². The minimum Gasteiger partial charge on any atom is -0.321 e. The van der Waals surface area contributed by atoms with Crippen LogP contribution >= 0.6 is 23.2 Å². The summed E-state index contributed by atoms with van der Waals surface area (Å²) in [4.78, 5) is 23.6. The van der Waals surface area contributed by atoms with Crippen molar-refractivity contribution in [1.82, 2.24) is 5.43 Å². The molecule has 2 rings (SSSR count). The molecule has 0 saturated heterocycles. The standard InChI is InChI=1S/C19H12Cl2F7N3O2/c1-9(30-31-15(32)11-5-12(20)8-13(21)6-11)10-3-2-4-14(7-10)29-16(33)17(22,23)18(24,25)19(26,27)28/h2-8H,1H3,(H,29,33)(H,31,32). The van der Waals surface area contributed by atoms with Crippen molar-refractivity contribution in [2.75, 3.05) is 5.32 Å².